The first kappa shape index (κ1) is 15.0. The maximum Gasteiger partial charge on any atom is 0.230 e. The molecule has 1 aromatic heterocycles. The van der Waals surface area contributed by atoms with E-state index >= 15 is 0 Å². The van der Waals surface area contributed by atoms with E-state index in [2.05, 4.69) is 28.6 Å². The van der Waals surface area contributed by atoms with E-state index in [9.17, 15) is 4.79 Å². The van der Waals surface area contributed by atoms with Crippen LogP contribution in [0.5, 0.6) is 0 Å². The van der Waals surface area contributed by atoms with Gasteiger partial charge in [-0.25, -0.2) is 0 Å². The third-order valence-corrected chi connectivity index (χ3v) is 5.89. The first-order valence-electron chi connectivity index (χ1n) is 8.38. The minimum absolute atomic E-state index is 0.114. The predicted molar refractivity (Wildman–Crippen MR) is 87.9 cm³/mol. The molecule has 1 aliphatic heterocycles. The van der Waals surface area contributed by atoms with Crippen LogP contribution in [0.15, 0.2) is 11.4 Å². The summed E-state index contributed by atoms with van der Waals surface area (Å²) in [6.45, 7) is 4.92. The van der Waals surface area contributed by atoms with Gasteiger partial charge in [0, 0.05) is 24.0 Å². The van der Waals surface area contributed by atoms with E-state index in [4.69, 9.17) is 0 Å². The molecule has 1 aliphatic carbocycles. The molecule has 2 heterocycles. The lowest BCUT2D eigenvalue weighted by Gasteiger charge is -2.33. The van der Waals surface area contributed by atoms with Crippen LogP contribution < -0.4 is 5.32 Å². The number of carbonyl (C=O) groups is 1. The van der Waals surface area contributed by atoms with Crippen LogP contribution in [0, 0.1) is 0 Å². The zero-order chi connectivity index (χ0) is 14.7. The van der Waals surface area contributed by atoms with Crippen LogP contribution >= 0.6 is 11.3 Å². The van der Waals surface area contributed by atoms with Crippen molar-refractivity contribution in [1.29, 1.82) is 0 Å². The molecule has 2 atom stereocenters. The topological polar surface area (TPSA) is 32.3 Å². The Morgan fingerprint density at radius 2 is 2.29 bits per heavy atom. The van der Waals surface area contributed by atoms with Gasteiger partial charge in [0.05, 0.1) is 5.92 Å². The van der Waals surface area contributed by atoms with E-state index in [1.54, 1.807) is 0 Å². The summed E-state index contributed by atoms with van der Waals surface area (Å²) in [5, 5.41) is 5.71. The van der Waals surface area contributed by atoms with Crippen molar-refractivity contribution in [1.82, 2.24) is 10.2 Å². The number of fused-ring (bicyclic) bond motifs is 1. The van der Waals surface area contributed by atoms with E-state index in [0.717, 1.165) is 38.9 Å². The van der Waals surface area contributed by atoms with Crippen LogP contribution in [0.3, 0.4) is 0 Å². The fourth-order valence-electron chi connectivity index (χ4n) is 3.68. The molecule has 3 nitrogen and oxygen atoms in total. The summed E-state index contributed by atoms with van der Waals surface area (Å²) in [6.07, 6.45) is 7.12. The highest BCUT2D eigenvalue weighted by Gasteiger charge is 2.31. The molecule has 1 N–H and O–H groups in total. The zero-order valence-electron chi connectivity index (χ0n) is 12.9. The molecule has 3 rings (SSSR count). The summed E-state index contributed by atoms with van der Waals surface area (Å²) in [4.78, 5) is 16.5. The highest BCUT2D eigenvalue weighted by Crippen LogP contribution is 2.36. The van der Waals surface area contributed by atoms with Gasteiger partial charge in [-0.3, -0.25) is 4.79 Å². The summed E-state index contributed by atoms with van der Waals surface area (Å²) >= 11 is 1.82. The van der Waals surface area contributed by atoms with Gasteiger partial charge in [-0.05, 0) is 62.6 Å². The summed E-state index contributed by atoms with van der Waals surface area (Å²) in [6, 6.07) is 2.67. The maximum atomic E-state index is 13.0. The average Bonchev–Trinajstić information content (AvgIpc) is 3.01. The Morgan fingerprint density at radius 1 is 1.38 bits per heavy atom. The summed E-state index contributed by atoms with van der Waals surface area (Å²) < 4.78 is 0. The third-order valence-electron chi connectivity index (χ3n) is 4.90. The summed E-state index contributed by atoms with van der Waals surface area (Å²) in [5.74, 6) is 0.466. The molecule has 0 spiro atoms. The summed E-state index contributed by atoms with van der Waals surface area (Å²) in [7, 11) is 0. The van der Waals surface area contributed by atoms with Crippen molar-refractivity contribution in [3.05, 3.63) is 21.9 Å². The Morgan fingerprint density at radius 3 is 3.05 bits per heavy atom. The minimum atomic E-state index is 0.114. The zero-order valence-corrected chi connectivity index (χ0v) is 13.8. The number of hydrogen-bond acceptors (Lipinski definition) is 3. The van der Waals surface area contributed by atoms with Gasteiger partial charge in [-0.1, -0.05) is 6.42 Å². The number of rotatable bonds is 4. The van der Waals surface area contributed by atoms with Crippen molar-refractivity contribution in [3.8, 4) is 0 Å². The number of aryl methyl sites for hydroxylation is 1. The average molecular weight is 306 g/mol. The monoisotopic (exact) mass is 306 g/mol. The Bertz CT molecular complexity index is 479. The predicted octanol–water partition coefficient (Wildman–Crippen LogP) is 3.16. The third kappa shape index (κ3) is 3.32. The van der Waals surface area contributed by atoms with Crippen molar-refractivity contribution >= 4 is 17.2 Å². The number of piperidine rings is 1. The van der Waals surface area contributed by atoms with Gasteiger partial charge in [0.2, 0.25) is 5.91 Å². The number of nitrogens with one attached hydrogen (secondary N) is 1. The second kappa shape index (κ2) is 6.93. The number of hydrogen-bond donors (Lipinski definition) is 1. The van der Waals surface area contributed by atoms with Crippen LogP contribution in [0.1, 0.15) is 55.4 Å². The largest absolute Gasteiger partial charge is 0.341 e. The van der Waals surface area contributed by atoms with Crippen LogP contribution in [0.4, 0.5) is 0 Å². The van der Waals surface area contributed by atoms with Gasteiger partial charge < -0.3 is 10.2 Å². The van der Waals surface area contributed by atoms with Gasteiger partial charge in [-0.15, -0.1) is 11.3 Å². The molecule has 1 saturated heterocycles. The first-order chi connectivity index (χ1) is 10.3. The second-order valence-electron chi connectivity index (χ2n) is 6.27. The van der Waals surface area contributed by atoms with Gasteiger partial charge >= 0.3 is 0 Å². The van der Waals surface area contributed by atoms with E-state index in [0.29, 0.717) is 11.9 Å². The lowest BCUT2D eigenvalue weighted by atomic mass is 9.86. The van der Waals surface area contributed by atoms with E-state index in [-0.39, 0.29) is 5.92 Å². The van der Waals surface area contributed by atoms with Gasteiger partial charge in [-0.2, -0.15) is 0 Å². The van der Waals surface area contributed by atoms with Crippen LogP contribution in [0.2, 0.25) is 0 Å². The number of carbonyl (C=O) groups excluding carboxylic acids is 1. The second-order valence-corrected chi connectivity index (χ2v) is 7.27. The molecule has 4 heteroatoms. The van der Waals surface area contributed by atoms with Gasteiger partial charge in [0.25, 0.3) is 0 Å². The SMILES string of the molecule is CCN(CC1CCCCN1)C(=O)C1CCCc2sccc21. The number of amides is 1. The minimum Gasteiger partial charge on any atom is -0.341 e. The van der Waals surface area contributed by atoms with Crippen molar-refractivity contribution < 1.29 is 4.79 Å². The Balaban J connectivity index is 1.68. The normalized spacial score (nSPS) is 25.4. The smallest absolute Gasteiger partial charge is 0.230 e. The first-order valence-corrected chi connectivity index (χ1v) is 9.26. The van der Waals surface area contributed by atoms with Crippen molar-refractivity contribution in [2.45, 2.75) is 57.4 Å². The molecule has 116 valence electrons. The van der Waals surface area contributed by atoms with E-state index in [1.165, 1.54) is 29.7 Å². The molecule has 0 radical (unpaired) electrons. The van der Waals surface area contributed by atoms with Crippen LogP contribution in [-0.2, 0) is 11.2 Å². The lowest BCUT2D eigenvalue weighted by Crippen LogP contribution is -2.47. The highest BCUT2D eigenvalue weighted by atomic mass is 32.1. The van der Waals surface area contributed by atoms with Crippen molar-refractivity contribution in [2.24, 2.45) is 0 Å². The highest BCUT2D eigenvalue weighted by molar-refractivity contribution is 7.10. The molecule has 1 amide bonds. The fourth-order valence-corrected chi connectivity index (χ4v) is 4.67. The quantitative estimate of drug-likeness (QED) is 0.927. The molecule has 2 aliphatic rings. The Hall–Kier alpha value is -0.870. The van der Waals surface area contributed by atoms with Crippen LogP contribution in [-0.4, -0.2) is 36.5 Å². The standard InChI is InChI=1S/C17H26N2OS/c1-2-19(12-13-6-3-4-10-18-13)17(20)15-7-5-8-16-14(15)9-11-21-16/h9,11,13,15,18H,2-8,10,12H2,1H3. The van der Waals surface area contributed by atoms with Crippen LogP contribution in [0.25, 0.3) is 0 Å². The summed E-state index contributed by atoms with van der Waals surface area (Å²) in [5.41, 5.74) is 1.31. The maximum absolute atomic E-state index is 13.0. The molecule has 0 bridgehead atoms. The molecule has 1 fully saturated rings. The Labute approximate surface area is 131 Å². The number of nitrogens with zero attached hydrogens (tertiary/aromatic N) is 1. The number of thiophene rings is 1. The van der Waals surface area contributed by atoms with E-state index in [1.807, 2.05) is 11.3 Å². The molecule has 0 aromatic carbocycles. The van der Waals surface area contributed by atoms with Crippen molar-refractivity contribution in [2.75, 3.05) is 19.6 Å². The molecule has 0 saturated carbocycles. The molecule has 21 heavy (non-hydrogen) atoms. The molecular weight excluding hydrogens is 280 g/mol. The van der Waals surface area contributed by atoms with Crippen molar-refractivity contribution in [3.63, 3.8) is 0 Å². The fraction of sp³-hybridized carbons (Fsp3) is 0.706. The number of likely N-dealkylation sites (N-methyl/N-ethyl adjacent to an activating group) is 1. The van der Waals surface area contributed by atoms with Gasteiger partial charge in [0.1, 0.15) is 0 Å². The molecular formula is C17H26N2OS. The van der Waals surface area contributed by atoms with Gasteiger partial charge in [0.15, 0.2) is 0 Å². The molecule has 1 aromatic rings. The molecule has 2 unspecified atom stereocenters. The Kier molecular flexibility index (Phi) is 4.96. The lowest BCUT2D eigenvalue weighted by molar-refractivity contribution is -0.133. The van der Waals surface area contributed by atoms with E-state index < -0.39 is 0 Å².